The lowest BCUT2D eigenvalue weighted by molar-refractivity contribution is -0.121. The van der Waals surface area contributed by atoms with Gasteiger partial charge in [0.05, 0.1) is 18.1 Å². The number of hydrogen-bond acceptors (Lipinski definition) is 6. The van der Waals surface area contributed by atoms with Gasteiger partial charge in [0, 0.05) is 52.4 Å². The van der Waals surface area contributed by atoms with Crippen LogP contribution < -0.4 is 16.0 Å². The van der Waals surface area contributed by atoms with Crippen LogP contribution in [0.3, 0.4) is 0 Å². The van der Waals surface area contributed by atoms with E-state index in [-0.39, 0.29) is 29.9 Å². The minimum atomic E-state index is -2.98. The fourth-order valence-corrected chi connectivity index (χ4v) is 4.44. The van der Waals surface area contributed by atoms with Gasteiger partial charge >= 0.3 is 0 Å². The molecule has 1 unspecified atom stereocenters. The highest BCUT2D eigenvalue weighted by Crippen LogP contribution is 2.11. The lowest BCUT2D eigenvalue weighted by Crippen LogP contribution is -2.41. The van der Waals surface area contributed by atoms with E-state index in [2.05, 4.69) is 32.9 Å². The largest absolute Gasteiger partial charge is 0.385 e. The molecule has 0 aromatic heterocycles. The van der Waals surface area contributed by atoms with Gasteiger partial charge in [0.25, 0.3) is 0 Å². The molecule has 0 aromatic carbocycles. The van der Waals surface area contributed by atoms with Crippen molar-refractivity contribution in [2.45, 2.75) is 32.2 Å². The van der Waals surface area contributed by atoms with Crippen molar-refractivity contribution in [3.63, 3.8) is 0 Å². The lowest BCUT2D eigenvalue weighted by Gasteiger charge is -2.16. The zero-order valence-corrected chi connectivity index (χ0v) is 17.6. The molecule has 1 heterocycles. The monoisotopic (exact) mass is 405 g/mol. The molecule has 0 aliphatic carbocycles. The molecule has 1 atom stereocenters. The van der Waals surface area contributed by atoms with Crippen molar-refractivity contribution in [2.75, 3.05) is 65.0 Å². The van der Waals surface area contributed by atoms with Gasteiger partial charge in [0.15, 0.2) is 15.8 Å². The molecule has 0 radical (unpaired) electrons. The van der Waals surface area contributed by atoms with E-state index in [4.69, 9.17) is 4.74 Å². The number of sulfone groups is 1. The standard InChI is InChI=1S/C17H35N5O4S/c1-4-18-17(20-9-11-22(2)10-5-12-26-3)19-8-6-16(23)21-15-7-13-27(24,25)14-15/h15H,4-14H2,1-3H3,(H,21,23)(H2,18,19,20). The molecule has 0 bridgehead atoms. The van der Waals surface area contributed by atoms with Gasteiger partial charge < -0.3 is 25.6 Å². The topological polar surface area (TPSA) is 112 Å². The maximum absolute atomic E-state index is 12.0. The fraction of sp³-hybridized carbons (Fsp3) is 0.882. The van der Waals surface area contributed by atoms with Gasteiger partial charge in [-0.15, -0.1) is 0 Å². The van der Waals surface area contributed by atoms with Gasteiger partial charge in [0.1, 0.15) is 0 Å². The number of amides is 1. The molecule has 0 aromatic rings. The van der Waals surface area contributed by atoms with Crippen LogP contribution in [0.1, 0.15) is 26.2 Å². The highest BCUT2D eigenvalue weighted by molar-refractivity contribution is 7.91. The second kappa shape index (κ2) is 12.9. The molecule has 3 N–H and O–H groups in total. The number of carbonyl (C=O) groups excluding carboxylic acids is 1. The highest BCUT2D eigenvalue weighted by Gasteiger charge is 2.28. The molecule has 0 saturated carbocycles. The van der Waals surface area contributed by atoms with Crippen LogP contribution in [-0.4, -0.2) is 96.2 Å². The third kappa shape index (κ3) is 11.1. The summed E-state index contributed by atoms with van der Waals surface area (Å²) in [5.41, 5.74) is 0. The van der Waals surface area contributed by atoms with E-state index in [9.17, 15) is 13.2 Å². The Morgan fingerprint density at radius 2 is 2.07 bits per heavy atom. The second-order valence-corrected chi connectivity index (χ2v) is 8.98. The van der Waals surface area contributed by atoms with Gasteiger partial charge in [-0.05, 0) is 26.8 Å². The number of rotatable bonds is 12. The molecule has 1 rings (SSSR count). The number of hydrogen-bond donors (Lipinski definition) is 3. The molecule has 1 fully saturated rings. The maximum atomic E-state index is 12.0. The van der Waals surface area contributed by atoms with Crippen molar-refractivity contribution in [1.29, 1.82) is 0 Å². The average Bonchev–Trinajstić information content (AvgIpc) is 2.93. The number of aliphatic imine (C=N–C) groups is 1. The van der Waals surface area contributed by atoms with E-state index in [1.54, 1.807) is 7.11 Å². The Hall–Kier alpha value is -1.39. The van der Waals surface area contributed by atoms with Crippen molar-refractivity contribution in [3.05, 3.63) is 0 Å². The van der Waals surface area contributed by atoms with E-state index in [0.717, 1.165) is 32.7 Å². The first-order valence-corrected chi connectivity index (χ1v) is 11.4. The predicted octanol–water partition coefficient (Wildman–Crippen LogP) is -0.797. The van der Waals surface area contributed by atoms with Crippen LogP contribution in [0.5, 0.6) is 0 Å². The number of ether oxygens (including phenoxy) is 1. The van der Waals surface area contributed by atoms with Gasteiger partial charge in [0.2, 0.25) is 5.91 Å². The summed E-state index contributed by atoms with van der Waals surface area (Å²) in [6.45, 7) is 6.39. The Labute approximate surface area is 163 Å². The van der Waals surface area contributed by atoms with Crippen molar-refractivity contribution in [3.8, 4) is 0 Å². The van der Waals surface area contributed by atoms with Crippen molar-refractivity contribution in [1.82, 2.24) is 20.9 Å². The van der Waals surface area contributed by atoms with Crippen LogP contribution in [0.25, 0.3) is 0 Å². The van der Waals surface area contributed by atoms with E-state index in [1.165, 1.54) is 0 Å². The van der Waals surface area contributed by atoms with E-state index >= 15 is 0 Å². The summed E-state index contributed by atoms with van der Waals surface area (Å²) < 4.78 is 27.9. The number of guanidine groups is 1. The molecule has 9 nitrogen and oxygen atoms in total. The Kier molecular flexibility index (Phi) is 11.3. The molecule has 1 amide bonds. The summed E-state index contributed by atoms with van der Waals surface area (Å²) in [5.74, 6) is 0.749. The van der Waals surface area contributed by atoms with Gasteiger partial charge in [-0.2, -0.15) is 0 Å². The molecule has 158 valence electrons. The summed E-state index contributed by atoms with van der Waals surface area (Å²) in [7, 11) is 0.780. The zero-order valence-electron chi connectivity index (χ0n) is 16.8. The molecule has 0 spiro atoms. The van der Waals surface area contributed by atoms with Crippen molar-refractivity contribution >= 4 is 21.7 Å². The van der Waals surface area contributed by atoms with Crippen LogP contribution in [-0.2, 0) is 19.4 Å². The minimum absolute atomic E-state index is 0.0498. The molecular weight excluding hydrogens is 370 g/mol. The lowest BCUT2D eigenvalue weighted by atomic mass is 10.2. The fourth-order valence-electron chi connectivity index (χ4n) is 2.77. The van der Waals surface area contributed by atoms with Gasteiger partial charge in [-0.1, -0.05) is 0 Å². The molecule has 1 aliphatic heterocycles. The SMILES string of the molecule is CCNC(=NCCN(C)CCCOC)NCCC(=O)NC1CCS(=O)(=O)C1. The number of methoxy groups -OCH3 is 1. The third-order valence-electron chi connectivity index (χ3n) is 4.23. The first-order valence-electron chi connectivity index (χ1n) is 9.55. The van der Waals surface area contributed by atoms with Crippen LogP contribution in [0.2, 0.25) is 0 Å². The number of nitrogens with one attached hydrogen (secondary N) is 3. The smallest absolute Gasteiger partial charge is 0.222 e. The normalized spacial score (nSPS) is 19.3. The van der Waals surface area contributed by atoms with Crippen LogP contribution in [0.4, 0.5) is 0 Å². The Morgan fingerprint density at radius 3 is 2.70 bits per heavy atom. The highest BCUT2D eigenvalue weighted by atomic mass is 32.2. The maximum Gasteiger partial charge on any atom is 0.222 e. The summed E-state index contributed by atoms with van der Waals surface area (Å²) in [4.78, 5) is 18.7. The Bertz CT molecular complexity index is 568. The molecule has 1 aliphatic rings. The Balaban J connectivity index is 2.25. The minimum Gasteiger partial charge on any atom is -0.385 e. The van der Waals surface area contributed by atoms with Crippen molar-refractivity contribution in [2.24, 2.45) is 4.99 Å². The first-order chi connectivity index (χ1) is 12.9. The Morgan fingerprint density at radius 1 is 1.30 bits per heavy atom. The van der Waals surface area contributed by atoms with Crippen LogP contribution >= 0.6 is 0 Å². The van der Waals surface area contributed by atoms with E-state index in [1.807, 2.05) is 6.92 Å². The average molecular weight is 406 g/mol. The predicted molar refractivity (Wildman–Crippen MR) is 108 cm³/mol. The van der Waals surface area contributed by atoms with E-state index in [0.29, 0.717) is 25.5 Å². The molecular formula is C17H35N5O4S. The summed E-state index contributed by atoms with van der Waals surface area (Å²) in [6.07, 6.45) is 1.77. The number of likely N-dealkylation sites (N-methyl/N-ethyl adjacent to an activating group) is 1. The zero-order chi connectivity index (χ0) is 20.1. The second-order valence-electron chi connectivity index (χ2n) is 6.75. The summed E-state index contributed by atoms with van der Waals surface area (Å²) >= 11 is 0. The van der Waals surface area contributed by atoms with Crippen molar-refractivity contribution < 1.29 is 17.9 Å². The van der Waals surface area contributed by atoms with E-state index < -0.39 is 9.84 Å². The molecule has 10 heteroatoms. The van der Waals surface area contributed by atoms with Crippen LogP contribution in [0, 0.1) is 0 Å². The molecule has 1 saturated heterocycles. The quantitative estimate of drug-likeness (QED) is 0.221. The third-order valence-corrected chi connectivity index (χ3v) is 5.99. The summed E-state index contributed by atoms with van der Waals surface area (Å²) in [5, 5.41) is 9.08. The van der Waals surface area contributed by atoms with Crippen LogP contribution in [0.15, 0.2) is 4.99 Å². The first kappa shape index (κ1) is 23.6. The van der Waals surface area contributed by atoms with Gasteiger partial charge in [-0.25, -0.2) is 8.42 Å². The van der Waals surface area contributed by atoms with Gasteiger partial charge in [-0.3, -0.25) is 9.79 Å². The summed E-state index contributed by atoms with van der Waals surface area (Å²) in [6, 6.07) is -0.252. The number of nitrogens with zero attached hydrogens (tertiary/aromatic N) is 2. The number of carbonyl (C=O) groups is 1. The molecule has 27 heavy (non-hydrogen) atoms.